The second-order valence-corrected chi connectivity index (χ2v) is 11.8. The van der Waals surface area contributed by atoms with Crippen molar-refractivity contribution in [1.82, 2.24) is 0 Å². The summed E-state index contributed by atoms with van der Waals surface area (Å²) in [7, 11) is 1.56. The topological polar surface area (TPSA) is 124 Å². The molecule has 1 heterocycles. The third kappa shape index (κ3) is 21.1. The van der Waals surface area contributed by atoms with Crippen molar-refractivity contribution in [2.75, 3.05) is 86.6 Å². The quantitative estimate of drug-likeness (QED) is 0.0881. The first-order valence-corrected chi connectivity index (χ1v) is 16.4. The van der Waals surface area contributed by atoms with E-state index >= 15 is 0 Å². The molecule has 5 unspecified atom stereocenters. The number of ether oxygens (including phenoxy) is 9. The molecule has 0 bridgehead atoms. The standard InChI is InChI=1S/C32H64O11/c1-6-31(3,42-19-11-15-32(4,7-2)43-20-12-16-33)14-10-17-36-23-28(34)24-38-26-29(41-27-35-5)25-37-21-22-40-30-13-8-9-18-39-30/h28-30,33-34H,6-27H2,1-5H3. The number of hydrogen-bond donors (Lipinski definition) is 2. The number of rotatable bonds is 30. The van der Waals surface area contributed by atoms with Crippen LogP contribution in [0.4, 0.5) is 0 Å². The highest BCUT2D eigenvalue weighted by molar-refractivity contribution is 4.76. The van der Waals surface area contributed by atoms with Crippen LogP contribution in [0.15, 0.2) is 0 Å². The molecular formula is C32H64O11. The molecule has 1 aliphatic rings. The fraction of sp³-hybridized carbons (Fsp3) is 1.00. The Morgan fingerprint density at radius 2 is 1.42 bits per heavy atom. The molecule has 1 saturated heterocycles. The Morgan fingerprint density at radius 3 is 2.05 bits per heavy atom. The Morgan fingerprint density at radius 1 is 0.791 bits per heavy atom. The minimum atomic E-state index is -0.728. The minimum absolute atomic E-state index is 0.128. The second-order valence-electron chi connectivity index (χ2n) is 11.8. The molecule has 0 radical (unpaired) electrons. The van der Waals surface area contributed by atoms with Gasteiger partial charge in [-0.2, -0.15) is 0 Å². The van der Waals surface area contributed by atoms with E-state index in [2.05, 4.69) is 27.7 Å². The maximum Gasteiger partial charge on any atom is 0.157 e. The van der Waals surface area contributed by atoms with Gasteiger partial charge in [0.1, 0.15) is 19.0 Å². The molecule has 0 aliphatic carbocycles. The van der Waals surface area contributed by atoms with E-state index in [-0.39, 0.29) is 56.8 Å². The minimum Gasteiger partial charge on any atom is -0.396 e. The highest BCUT2D eigenvalue weighted by atomic mass is 16.7. The zero-order chi connectivity index (χ0) is 31.7. The van der Waals surface area contributed by atoms with Crippen LogP contribution in [0, 0.1) is 0 Å². The van der Waals surface area contributed by atoms with Gasteiger partial charge in [0.15, 0.2) is 6.29 Å². The molecule has 11 nitrogen and oxygen atoms in total. The Balaban J connectivity index is 2.16. The molecular weight excluding hydrogens is 560 g/mol. The van der Waals surface area contributed by atoms with Crippen molar-refractivity contribution in [2.45, 2.75) is 122 Å². The zero-order valence-electron chi connectivity index (χ0n) is 27.9. The molecule has 11 heteroatoms. The number of hydrogen-bond acceptors (Lipinski definition) is 11. The van der Waals surface area contributed by atoms with Crippen molar-refractivity contribution in [2.24, 2.45) is 0 Å². The molecule has 5 atom stereocenters. The Hall–Kier alpha value is -0.440. The van der Waals surface area contributed by atoms with E-state index in [0.29, 0.717) is 46.1 Å². The summed E-state index contributed by atoms with van der Waals surface area (Å²) in [6, 6.07) is 0. The zero-order valence-corrected chi connectivity index (χ0v) is 27.9. The van der Waals surface area contributed by atoms with E-state index in [1.807, 2.05) is 0 Å². The van der Waals surface area contributed by atoms with Crippen LogP contribution < -0.4 is 0 Å². The van der Waals surface area contributed by atoms with Gasteiger partial charge in [-0.25, -0.2) is 0 Å². The monoisotopic (exact) mass is 624 g/mol. The predicted octanol–water partition coefficient (Wildman–Crippen LogP) is 4.24. The van der Waals surface area contributed by atoms with Crippen molar-refractivity contribution in [3.05, 3.63) is 0 Å². The van der Waals surface area contributed by atoms with Crippen LogP contribution in [0.1, 0.15) is 91.9 Å². The smallest absolute Gasteiger partial charge is 0.157 e. The summed E-state index contributed by atoms with van der Waals surface area (Å²) < 4.78 is 51.2. The third-order valence-corrected chi connectivity index (χ3v) is 7.86. The Labute approximate surface area is 261 Å². The second kappa shape index (κ2) is 25.7. The molecule has 258 valence electrons. The number of aliphatic hydroxyl groups excluding tert-OH is 2. The van der Waals surface area contributed by atoms with Gasteiger partial charge in [0.2, 0.25) is 0 Å². The van der Waals surface area contributed by atoms with E-state index in [1.54, 1.807) is 7.11 Å². The average Bonchev–Trinajstić information content (AvgIpc) is 3.02. The lowest BCUT2D eigenvalue weighted by Gasteiger charge is -2.31. The summed E-state index contributed by atoms with van der Waals surface area (Å²) >= 11 is 0. The van der Waals surface area contributed by atoms with Gasteiger partial charge in [-0.1, -0.05) is 13.8 Å². The number of aliphatic hydroxyl groups is 2. The van der Waals surface area contributed by atoms with E-state index in [1.165, 1.54) is 0 Å². The largest absolute Gasteiger partial charge is 0.396 e. The van der Waals surface area contributed by atoms with Gasteiger partial charge in [0, 0.05) is 40.1 Å². The summed E-state index contributed by atoms with van der Waals surface area (Å²) in [5.41, 5.74) is -0.384. The van der Waals surface area contributed by atoms with E-state index in [0.717, 1.165) is 64.4 Å². The lowest BCUT2D eigenvalue weighted by atomic mass is 9.95. The lowest BCUT2D eigenvalue weighted by Crippen LogP contribution is -2.32. The van der Waals surface area contributed by atoms with Crippen molar-refractivity contribution in [3.8, 4) is 0 Å². The maximum atomic E-state index is 10.3. The van der Waals surface area contributed by atoms with Crippen LogP contribution in [0.3, 0.4) is 0 Å². The van der Waals surface area contributed by atoms with Crippen LogP contribution in [-0.4, -0.2) is 126 Å². The van der Waals surface area contributed by atoms with Gasteiger partial charge in [-0.15, -0.1) is 0 Å². The molecule has 0 aromatic heterocycles. The highest BCUT2D eigenvalue weighted by Gasteiger charge is 2.25. The summed E-state index contributed by atoms with van der Waals surface area (Å²) in [4.78, 5) is 0. The number of methoxy groups -OCH3 is 1. The van der Waals surface area contributed by atoms with Crippen LogP contribution >= 0.6 is 0 Å². The molecule has 0 amide bonds. The fourth-order valence-electron chi connectivity index (χ4n) is 4.61. The van der Waals surface area contributed by atoms with Crippen molar-refractivity contribution in [3.63, 3.8) is 0 Å². The van der Waals surface area contributed by atoms with Gasteiger partial charge in [-0.3, -0.25) is 0 Å². The summed E-state index contributed by atoms with van der Waals surface area (Å²) in [5, 5.41) is 19.3. The molecule has 0 spiro atoms. The summed E-state index contributed by atoms with van der Waals surface area (Å²) in [6.45, 7) is 13.3. The van der Waals surface area contributed by atoms with E-state index in [9.17, 15) is 5.11 Å². The molecule has 0 aromatic carbocycles. The Kier molecular flexibility index (Phi) is 24.3. The fourth-order valence-corrected chi connectivity index (χ4v) is 4.61. The summed E-state index contributed by atoms with van der Waals surface area (Å²) in [6.07, 6.45) is 8.06. The molecule has 0 aromatic rings. The van der Waals surface area contributed by atoms with Crippen LogP contribution in [0.25, 0.3) is 0 Å². The summed E-state index contributed by atoms with van der Waals surface area (Å²) in [5.74, 6) is 0. The van der Waals surface area contributed by atoms with Crippen LogP contribution in [0.2, 0.25) is 0 Å². The van der Waals surface area contributed by atoms with Crippen molar-refractivity contribution >= 4 is 0 Å². The van der Waals surface area contributed by atoms with Gasteiger partial charge < -0.3 is 52.8 Å². The highest BCUT2D eigenvalue weighted by Crippen LogP contribution is 2.25. The first-order valence-electron chi connectivity index (χ1n) is 16.4. The Bertz CT molecular complexity index is 622. The average molecular weight is 625 g/mol. The van der Waals surface area contributed by atoms with E-state index < -0.39 is 6.10 Å². The van der Waals surface area contributed by atoms with Gasteiger partial charge in [0.05, 0.1) is 50.8 Å². The lowest BCUT2D eigenvalue weighted by molar-refractivity contribution is -0.173. The van der Waals surface area contributed by atoms with Gasteiger partial charge in [-0.05, 0) is 78.1 Å². The normalized spacial score (nSPS) is 20.0. The SMILES string of the molecule is CCC(C)(CCCOCC(O)COCC(COCCOC1CCCCO1)OCOC)OCCCC(C)(CC)OCCCO. The van der Waals surface area contributed by atoms with Crippen molar-refractivity contribution < 1.29 is 52.8 Å². The molecule has 1 aliphatic heterocycles. The van der Waals surface area contributed by atoms with E-state index in [4.69, 9.17) is 47.7 Å². The first-order chi connectivity index (χ1) is 20.8. The molecule has 1 fully saturated rings. The molecule has 2 N–H and O–H groups in total. The third-order valence-electron chi connectivity index (χ3n) is 7.86. The molecule has 1 rings (SSSR count). The molecule has 0 saturated carbocycles. The van der Waals surface area contributed by atoms with Gasteiger partial charge >= 0.3 is 0 Å². The predicted molar refractivity (Wildman–Crippen MR) is 164 cm³/mol. The van der Waals surface area contributed by atoms with Crippen LogP contribution in [-0.2, 0) is 42.6 Å². The maximum absolute atomic E-state index is 10.3. The van der Waals surface area contributed by atoms with Crippen LogP contribution in [0.5, 0.6) is 0 Å². The van der Waals surface area contributed by atoms with Crippen molar-refractivity contribution in [1.29, 1.82) is 0 Å². The first kappa shape index (κ1) is 40.6. The molecule has 43 heavy (non-hydrogen) atoms. The van der Waals surface area contributed by atoms with Gasteiger partial charge in [0.25, 0.3) is 0 Å².